The Kier molecular flexibility index (Phi) is 8.31. The molecule has 0 aliphatic carbocycles. The SMILES string of the molecule is CCOc1ccc(S(=O)(=O)N2CCN(CCC(=O)NCc3ccccc3Cl)CC2)cc1. The van der Waals surface area contributed by atoms with Crippen molar-refractivity contribution in [3.63, 3.8) is 0 Å². The topological polar surface area (TPSA) is 79.0 Å². The molecule has 0 radical (unpaired) electrons. The summed E-state index contributed by atoms with van der Waals surface area (Å²) in [6, 6.07) is 13.9. The lowest BCUT2D eigenvalue weighted by Crippen LogP contribution is -2.49. The summed E-state index contributed by atoms with van der Waals surface area (Å²) in [6.07, 6.45) is 0.357. The number of rotatable bonds is 9. The molecule has 3 rings (SSSR count). The molecular weight excluding hydrogens is 438 g/mol. The highest BCUT2D eigenvalue weighted by molar-refractivity contribution is 7.89. The fraction of sp³-hybridized carbons (Fsp3) is 0.409. The average Bonchev–Trinajstić information content (AvgIpc) is 2.78. The zero-order chi connectivity index (χ0) is 22.3. The first-order valence-electron chi connectivity index (χ1n) is 10.4. The van der Waals surface area contributed by atoms with Gasteiger partial charge in [0, 0.05) is 50.7 Å². The van der Waals surface area contributed by atoms with E-state index in [1.54, 1.807) is 30.3 Å². The number of nitrogens with one attached hydrogen (secondary N) is 1. The van der Waals surface area contributed by atoms with Crippen molar-refractivity contribution in [1.82, 2.24) is 14.5 Å². The van der Waals surface area contributed by atoms with E-state index in [0.29, 0.717) is 63.1 Å². The van der Waals surface area contributed by atoms with Crippen LogP contribution in [0.4, 0.5) is 0 Å². The van der Waals surface area contributed by atoms with E-state index < -0.39 is 10.0 Å². The second-order valence-electron chi connectivity index (χ2n) is 7.27. The Morgan fingerprint density at radius 3 is 2.39 bits per heavy atom. The van der Waals surface area contributed by atoms with Crippen LogP contribution in [-0.2, 0) is 21.4 Å². The fourth-order valence-electron chi connectivity index (χ4n) is 3.40. The van der Waals surface area contributed by atoms with Crippen LogP contribution in [0, 0.1) is 0 Å². The lowest BCUT2D eigenvalue weighted by molar-refractivity contribution is -0.121. The summed E-state index contributed by atoms with van der Waals surface area (Å²) >= 11 is 6.10. The Bertz CT molecular complexity index is 975. The van der Waals surface area contributed by atoms with Crippen molar-refractivity contribution in [3.8, 4) is 5.75 Å². The number of piperazine rings is 1. The van der Waals surface area contributed by atoms with Crippen molar-refractivity contribution < 1.29 is 17.9 Å². The summed E-state index contributed by atoms with van der Waals surface area (Å²) in [6.45, 7) is 5.38. The van der Waals surface area contributed by atoms with E-state index in [2.05, 4.69) is 10.2 Å². The predicted molar refractivity (Wildman–Crippen MR) is 121 cm³/mol. The molecular formula is C22H28ClN3O4S. The van der Waals surface area contributed by atoms with Crippen molar-refractivity contribution in [2.75, 3.05) is 39.3 Å². The van der Waals surface area contributed by atoms with Crippen LogP contribution >= 0.6 is 11.6 Å². The summed E-state index contributed by atoms with van der Waals surface area (Å²) < 4.78 is 32.6. The van der Waals surface area contributed by atoms with Gasteiger partial charge in [0.25, 0.3) is 0 Å². The molecule has 2 aromatic rings. The molecule has 1 N–H and O–H groups in total. The standard InChI is InChI=1S/C22H28ClN3O4S/c1-2-30-19-7-9-20(10-8-19)31(28,29)26-15-13-25(14-16-26)12-11-22(27)24-17-18-5-3-4-6-21(18)23/h3-10H,2,11-17H2,1H3,(H,24,27). The maximum Gasteiger partial charge on any atom is 0.243 e. The predicted octanol–water partition coefficient (Wildman–Crippen LogP) is 2.75. The molecule has 168 valence electrons. The van der Waals surface area contributed by atoms with E-state index in [9.17, 15) is 13.2 Å². The number of hydrogen-bond acceptors (Lipinski definition) is 5. The molecule has 0 atom stereocenters. The summed E-state index contributed by atoms with van der Waals surface area (Å²) in [5.41, 5.74) is 0.880. The molecule has 2 aromatic carbocycles. The van der Waals surface area contributed by atoms with Crippen molar-refractivity contribution >= 4 is 27.5 Å². The molecule has 7 nitrogen and oxygen atoms in total. The lowest BCUT2D eigenvalue weighted by Gasteiger charge is -2.33. The normalized spacial score (nSPS) is 15.5. The molecule has 0 aromatic heterocycles. The summed E-state index contributed by atoms with van der Waals surface area (Å²) in [5, 5.41) is 3.51. The first-order chi connectivity index (χ1) is 14.9. The molecule has 1 fully saturated rings. The van der Waals surface area contributed by atoms with Crippen molar-refractivity contribution in [1.29, 1.82) is 0 Å². The Hall–Kier alpha value is -2.13. The van der Waals surface area contributed by atoms with Crippen LogP contribution in [-0.4, -0.2) is 62.9 Å². The van der Waals surface area contributed by atoms with E-state index >= 15 is 0 Å². The number of hydrogen-bond donors (Lipinski definition) is 1. The van der Waals surface area contributed by atoms with Crippen LogP contribution < -0.4 is 10.1 Å². The lowest BCUT2D eigenvalue weighted by atomic mass is 10.2. The van der Waals surface area contributed by atoms with Gasteiger partial charge in [-0.25, -0.2) is 8.42 Å². The van der Waals surface area contributed by atoms with Gasteiger partial charge in [-0.3, -0.25) is 4.79 Å². The van der Waals surface area contributed by atoms with Gasteiger partial charge in [0.05, 0.1) is 11.5 Å². The second kappa shape index (κ2) is 10.9. The molecule has 0 unspecified atom stereocenters. The van der Waals surface area contributed by atoms with Crippen LogP contribution in [0.1, 0.15) is 18.9 Å². The molecule has 0 spiro atoms. The van der Waals surface area contributed by atoms with Crippen LogP contribution in [0.25, 0.3) is 0 Å². The number of carbonyl (C=O) groups is 1. The molecule has 31 heavy (non-hydrogen) atoms. The highest BCUT2D eigenvalue weighted by Gasteiger charge is 2.28. The third kappa shape index (κ3) is 6.43. The van der Waals surface area contributed by atoms with Crippen LogP contribution in [0.5, 0.6) is 5.75 Å². The Morgan fingerprint density at radius 2 is 1.74 bits per heavy atom. The van der Waals surface area contributed by atoms with Crippen LogP contribution in [0.2, 0.25) is 5.02 Å². The summed E-state index contributed by atoms with van der Waals surface area (Å²) in [5.74, 6) is 0.600. The highest BCUT2D eigenvalue weighted by atomic mass is 35.5. The van der Waals surface area contributed by atoms with Crippen LogP contribution in [0.15, 0.2) is 53.4 Å². The van der Waals surface area contributed by atoms with E-state index in [1.807, 2.05) is 25.1 Å². The quantitative estimate of drug-likeness (QED) is 0.616. The van der Waals surface area contributed by atoms with E-state index in [0.717, 1.165) is 5.56 Å². The average molecular weight is 466 g/mol. The van der Waals surface area contributed by atoms with Gasteiger partial charge in [-0.1, -0.05) is 29.8 Å². The van der Waals surface area contributed by atoms with Gasteiger partial charge in [0.15, 0.2) is 0 Å². The third-order valence-corrected chi connectivity index (χ3v) is 7.47. The zero-order valence-corrected chi connectivity index (χ0v) is 19.2. The van der Waals surface area contributed by atoms with Gasteiger partial charge < -0.3 is 15.0 Å². The molecule has 1 aliphatic heterocycles. The number of benzene rings is 2. The van der Waals surface area contributed by atoms with E-state index in [-0.39, 0.29) is 10.8 Å². The van der Waals surface area contributed by atoms with Crippen molar-refractivity contribution in [2.45, 2.75) is 24.8 Å². The zero-order valence-electron chi connectivity index (χ0n) is 17.6. The van der Waals surface area contributed by atoms with Gasteiger partial charge in [-0.15, -0.1) is 0 Å². The number of sulfonamides is 1. The van der Waals surface area contributed by atoms with E-state index in [4.69, 9.17) is 16.3 Å². The first kappa shape index (κ1) is 23.5. The third-order valence-electron chi connectivity index (χ3n) is 5.19. The number of ether oxygens (including phenoxy) is 1. The Labute approximate surface area is 189 Å². The number of halogens is 1. The van der Waals surface area contributed by atoms with Gasteiger partial charge in [-0.05, 0) is 42.8 Å². The monoisotopic (exact) mass is 465 g/mol. The first-order valence-corrected chi connectivity index (χ1v) is 12.2. The van der Waals surface area contributed by atoms with Crippen molar-refractivity contribution in [3.05, 3.63) is 59.1 Å². The largest absolute Gasteiger partial charge is 0.494 e. The highest BCUT2D eigenvalue weighted by Crippen LogP contribution is 2.21. The van der Waals surface area contributed by atoms with E-state index in [1.165, 1.54) is 4.31 Å². The summed E-state index contributed by atoms with van der Waals surface area (Å²) in [4.78, 5) is 14.5. The van der Waals surface area contributed by atoms with Crippen LogP contribution in [0.3, 0.4) is 0 Å². The maximum atomic E-state index is 12.9. The second-order valence-corrected chi connectivity index (χ2v) is 9.61. The smallest absolute Gasteiger partial charge is 0.243 e. The molecule has 1 saturated heterocycles. The molecule has 9 heteroatoms. The maximum absolute atomic E-state index is 12.9. The van der Waals surface area contributed by atoms with Crippen molar-refractivity contribution in [2.24, 2.45) is 0 Å². The molecule has 1 heterocycles. The number of carbonyl (C=O) groups excluding carboxylic acids is 1. The minimum atomic E-state index is -3.53. The number of amides is 1. The minimum Gasteiger partial charge on any atom is -0.494 e. The van der Waals surface area contributed by atoms with Gasteiger partial charge in [-0.2, -0.15) is 4.31 Å². The molecule has 1 aliphatic rings. The molecule has 1 amide bonds. The molecule has 0 saturated carbocycles. The van der Waals surface area contributed by atoms with Gasteiger partial charge >= 0.3 is 0 Å². The Morgan fingerprint density at radius 1 is 1.06 bits per heavy atom. The van der Waals surface area contributed by atoms with Gasteiger partial charge in [0.1, 0.15) is 5.75 Å². The fourth-order valence-corrected chi connectivity index (χ4v) is 5.03. The minimum absolute atomic E-state index is 0.0515. The number of nitrogens with zero attached hydrogens (tertiary/aromatic N) is 2. The Balaban J connectivity index is 1.43. The van der Waals surface area contributed by atoms with Gasteiger partial charge in [0.2, 0.25) is 15.9 Å². The molecule has 0 bridgehead atoms. The summed E-state index contributed by atoms with van der Waals surface area (Å²) in [7, 11) is -3.53.